The summed E-state index contributed by atoms with van der Waals surface area (Å²) in [6.45, 7) is 1.20. The Labute approximate surface area is 163 Å². The molecule has 0 aromatic heterocycles. The van der Waals surface area contributed by atoms with E-state index in [1.807, 2.05) is 12.1 Å². The summed E-state index contributed by atoms with van der Waals surface area (Å²) >= 11 is 5.90. The van der Waals surface area contributed by atoms with Crippen molar-refractivity contribution in [2.75, 3.05) is 23.7 Å². The first kappa shape index (κ1) is 19.2. The number of nitrogens with zero attached hydrogens (tertiary/aromatic N) is 1. The van der Waals surface area contributed by atoms with Crippen molar-refractivity contribution in [3.63, 3.8) is 0 Å². The second kappa shape index (κ2) is 8.88. The summed E-state index contributed by atoms with van der Waals surface area (Å²) in [7, 11) is 0. The molecule has 142 valence electrons. The Kier molecular flexibility index (Phi) is 6.32. The van der Waals surface area contributed by atoms with Crippen LogP contribution in [-0.4, -0.2) is 41.1 Å². The molecule has 3 N–H and O–H groups in total. The molecule has 0 spiro atoms. The number of piperidine rings is 1. The Morgan fingerprint density at radius 3 is 2.37 bits per heavy atom. The van der Waals surface area contributed by atoms with E-state index in [0.29, 0.717) is 48.7 Å². The number of carbonyl (C=O) groups is 2. The summed E-state index contributed by atoms with van der Waals surface area (Å²) < 4.78 is 0. The number of hydrogen-bond acceptors (Lipinski definition) is 3. The van der Waals surface area contributed by atoms with Gasteiger partial charge in [0.1, 0.15) is 0 Å². The van der Waals surface area contributed by atoms with E-state index in [0.717, 1.165) is 5.56 Å². The number of likely N-dealkylation sites (tertiary alicyclic amines) is 1. The van der Waals surface area contributed by atoms with Crippen LogP contribution < -0.4 is 10.6 Å². The van der Waals surface area contributed by atoms with Gasteiger partial charge in [-0.05, 0) is 48.7 Å². The lowest BCUT2D eigenvalue weighted by Crippen LogP contribution is -2.40. The van der Waals surface area contributed by atoms with Gasteiger partial charge >= 0.3 is 6.03 Å². The molecule has 1 fully saturated rings. The molecule has 6 nitrogen and oxygen atoms in total. The minimum Gasteiger partial charge on any atom is -0.393 e. The van der Waals surface area contributed by atoms with Gasteiger partial charge in [0.05, 0.1) is 12.5 Å². The molecule has 2 aromatic rings. The van der Waals surface area contributed by atoms with Crippen molar-refractivity contribution in [3.05, 3.63) is 59.1 Å². The lowest BCUT2D eigenvalue weighted by molar-refractivity contribution is -0.132. The summed E-state index contributed by atoms with van der Waals surface area (Å²) in [5, 5.41) is 15.5. The first-order valence-corrected chi connectivity index (χ1v) is 9.26. The van der Waals surface area contributed by atoms with E-state index in [-0.39, 0.29) is 18.0 Å². The van der Waals surface area contributed by atoms with Gasteiger partial charge in [-0.1, -0.05) is 29.8 Å². The average Bonchev–Trinajstić information content (AvgIpc) is 2.64. The van der Waals surface area contributed by atoms with E-state index in [1.54, 1.807) is 41.3 Å². The highest BCUT2D eigenvalue weighted by Gasteiger charge is 2.21. The number of hydrogen-bond donors (Lipinski definition) is 3. The van der Waals surface area contributed by atoms with Crippen molar-refractivity contribution in [2.24, 2.45) is 0 Å². The predicted molar refractivity (Wildman–Crippen MR) is 106 cm³/mol. The van der Waals surface area contributed by atoms with Crippen LogP contribution in [0.1, 0.15) is 18.4 Å². The Hall–Kier alpha value is -2.57. The minimum absolute atomic E-state index is 0.0568. The highest BCUT2D eigenvalue weighted by Crippen LogP contribution is 2.17. The third-order valence-electron chi connectivity index (χ3n) is 4.47. The highest BCUT2D eigenvalue weighted by atomic mass is 35.5. The van der Waals surface area contributed by atoms with Gasteiger partial charge in [0.15, 0.2) is 0 Å². The summed E-state index contributed by atoms with van der Waals surface area (Å²) in [5.74, 6) is 0.0568. The number of urea groups is 1. The lowest BCUT2D eigenvalue weighted by Gasteiger charge is -2.29. The number of carbonyl (C=O) groups excluding carboxylic acids is 2. The Morgan fingerprint density at radius 1 is 1.04 bits per heavy atom. The standard InChI is InChI=1S/C20H22ClN3O3/c21-15-2-1-3-17(13-15)23-20(27)22-16-6-4-14(5-7-16)12-19(26)24-10-8-18(25)9-11-24/h1-7,13,18,25H,8-12H2,(H2,22,23,27). The molecule has 0 saturated carbocycles. The van der Waals surface area contributed by atoms with Crippen LogP contribution in [0.3, 0.4) is 0 Å². The average molecular weight is 388 g/mol. The van der Waals surface area contributed by atoms with Crippen LogP contribution in [0.2, 0.25) is 5.02 Å². The third kappa shape index (κ3) is 5.70. The molecule has 27 heavy (non-hydrogen) atoms. The molecule has 0 radical (unpaired) electrons. The SMILES string of the molecule is O=C(Nc1ccc(CC(=O)N2CCC(O)CC2)cc1)Nc1cccc(Cl)c1. The van der Waals surface area contributed by atoms with Crippen molar-refractivity contribution in [2.45, 2.75) is 25.4 Å². The second-order valence-corrected chi connectivity index (χ2v) is 7.01. The monoisotopic (exact) mass is 387 g/mol. The molecular weight excluding hydrogens is 366 g/mol. The van der Waals surface area contributed by atoms with E-state index in [4.69, 9.17) is 11.6 Å². The number of aliphatic hydroxyl groups excluding tert-OH is 1. The molecule has 1 heterocycles. The number of amides is 3. The van der Waals surface area contributed by atoms with Crippen molar-refractivity contribution >= 4 is 34.9 Å². The number of aliphatic hydroxyl groups is 1. The van der Waals surface area contributed by atoms with Crippen LogP contribution >= 0.6 is 11.6 Å². The molecule has 1 aliphatic rings. The van der Waals surface area contributed by atoms with Gasteiger partial charge in [-0.15, -0.1) is 0 Å². The van der Waals surface area contributed by atoms with Gasteiger partial charge < -0.3 is 20.6 Å². The van der Waals surface area contributed by atoms with E-state index < -0.39 is 0 Å². The van der Waals surface area contributed by atoms with Gasteiger partial charge in [-0.3, -0.25) is 4.79 Å². The van der Waals surface area contributed by atoms with Crippen molar-refractivity contribution in [1.29, 1.82) is 0 Å². The molecular formula is C20H22ClN3O3. The summed E-state index contributed by atoms with van der Waals surface area (Å²) in [6, 6.07) is 13.7. The molecule has 3 rings (SSSR count). The maximum atomic E-state index is 12.3. The second-order valence-electron chi connectivity index (χ2n) is 6.58. The van der Waals surface area contributed by atoms with Gasteiger partial charge in [0.25, 0.3) is 0 Å². The summed E-state index contributed by atoms with van der Waals surface area (Å²) in [4.78, 5) is 26.2. The summed E-state index contributed by atoms with van der Waals surface area (Å²) in [6.07, 6.45) is 1.29. The van der Waals surface area contributed by atoms with Gasteiger partial charge in [0.2, 0.25) is 5.91 Å². The lowest BCUT2D eigenvalue weighted by atomic mass is 10.1. The molecule has 7 heteroatoms. The largest absolute Gasteiger partial charge is 0.393 e. The van der Waals surface area contributed by atoms with Crippen molar-refractivity contribution in [3.8, 4) is 0 Å². The van der Waals surface area contributed by atoms with E-state index in [1.165, 1.54) is 0 Å². The van der Waals surface area contributed by atoms with Crippen LogP contribution in [0.15, 0.2) is 48.5 Å². The first-order chi connectivity index (χ1) is 13.0. The van der Waals surface area contributed by atoms with Crippen LogP contribution in [0.25, 0.3) is 0 Å². The van der Waals surface area contributed by atoms with Gasteiger partial charge in [0, 0.05) is 29.5 Å². The Bertz CT molecular complexity index is 802. The first-order valence-electron chi connectivity index (χ1n) is 8.88. The molecule has 3 amide bonds. The molecule has 0 bridgehead atoms. The highest BCUT2D eigenvalue weighted by molar-refractivity contribution is 6.30. The Balaban J connectivity index is 1.51. The van der Waals surface area contributed by atoms with Crippen molar-refractivity contribution in [1.82, 2.24) is 4.90 Å². The van der Waals surface area contributed by atoms with Gasteiger partial charge in [-0.25, -0.2) is 4.79 Å². The number of benzene rings is 2. The fraction of sp³-hybridized carbons (Fsp3) is 0.300. The number of halogens is 1. The molecule has 2 aromatic carbocycles. The Morgan fingerprint density at radius 2 is 1.70 bits per heavy atom. The third-order valence-corrected chi connectivity index (χ3v) is 4.70. The normalized spacial score (nSPS) is 14.7. The van der Waals surface area contributed by atoms with Crippen LogP contribution in [0.5, 0.6) is 0 Å². The number of nitrogens with one attached hydrogen (secondary N) is 2. The van der Waals surface area contributed by atoms with E-state index in [2.05, 4.69) is 10.6 Å². The molecule has 0 aliphatic carbocycles. The fourth-order valence-corrected chi connectivity index (χ4v) is 3.16. The predicted octanol–water partition coefficient (Wildman–Crippen LogP) is 3.51. The van der Waals surface area contributed by atoms with E-state index >= 15 is 0 Å². The molecule has 0 atom stereocenters. The zero-order valence-electron chi connectivity index (χ0n) is 14.8. The van der Waals surface area contributed by atoms with Crippen molar-refractivity contribution < 1.29 is 14.7 Å². The maximum Gasteiger partial charge on any atom is 0.323 e. The zero-order valence-corrected chi connectivity index (χ0v) is 15.6. The van der Waals surface area contributed by atoms with Crippen LogP contribution in [-0.2, 0) is 11.2 Å². The van der Waals surface area contributed by atoms with Gasteiger partial charge in [-0.2, -0.15) is 0 Å². The van der Waals surface area contributed by atoms with Crippen LogP contribution in [0.4, 0.5) is 16.2 Å². The molecule has 1 saturated heterocycles. The molecule has 1 aliphatic heterocycles. The number of rotatable bonds is 4. The number of anilines is 2. The zero-order chi connectivity index (χ0) is 19.2. The topological polar surface area (TPSA) is 81.7 Å². The molecule has 0 unspecified atom stereocenters. The maximum absolute atomic E-state index is 12.3. The van der Waals surface area contributed by atoms with Crippen LogP contribution in [0, 0.1) is 0 Å². The summed E-state index contributed by atoms with van der Waals surface area (Å²) in [5.41, 5.74) is 2.12. The quantitative estimate of drug-likeness (QED) is 0.750. The smallest absolute Gasteiger partial charge is 0.323 e. The van der Waals surface area contributed by atoms with E-state index in [9.17, 15) is 14.7 Å². The fourth-order valence-electron chi connectivity index (χ4n) is 2.97. The minimum atomic E-state index is -0.368.